The van der Waals surface area contributed by atoms with Gasteiger partial charge in [-0.25, -0.2) is 20.0 Å². The Morgan fingerprint density at radius 3 is 2.76 bits per heavy atom. The summed E-state index contributed by atoms with van der Waals surface area (Å²) in [5, 5.41) is 5.03. The molecule has 0 unspecified atom stereocenters. The molecule has 136 valence electrons. The number of carbonyl (C=O) groups excluding carboxylic acids is 2. The van der Waals surface area contributed by atoms with Crippen molar-refractivity contribution in [1.82, 2.24) is 10.4 Å². The second-order valence-electron chi connectivity index (χ2n) is 4.97. The molecule has 1 aromatic carbocycles. The molecular formula is C15H18ClFN4O3S. The van der Waals surface area contributed by atoms with Crippen LogP contribution in [0.25, 0.3) is 0 Å². The normalized spacial score (nSPS) is 9.88. The molecule has 0 fully saturated rings. The van der Waals surface area contributed by atoms with Crippen LogP contribution in [0, 0.1) is 5.82 Å². The number of thiazole rings is 1. The largest absolute Gasteiger partial charge is 0.444 e. The maximum absolute atomic E-state index is 14.0. The molecule has 1 heterocycles. The first-order valence-electron chi connectivity index (χ1n) is 7.10. The monoisotopic (exact) mass is 388 g/mol. The van der Waals surface area contributed by atoms with Gasteiger partial charge >= 0.3 is 6.09 Å². The van der Waals surface area contributed by atoms with Crippen LogP contribution < -0.4 is 16.6 Å². The van der Waals surface area contributed by atoms with E-state index in [0.717, 1.165) is 11.3 Å². The lowest BCUT2D eigenvalue weighted by Gasteiger charge is -2.07. The lowest BCUT2D eigenvalue weighted by atomic mass is 10.1. The van der Waals surface area contributed by atoms with E-state index in [1.54, 1.807) is 17.6 Å². The van der Waals surface area contributed by atoms with Gasteiger partial charge in [0.05, 0.1) is 5.69 Å². The molecule has 25 heavy (non-hydrogen) atoms. The Kier molecular flexibility index (Phi) is 8.26. The van der Waals surface area contributed by atoms with Gasteiger partial charge in [0.2, 0.25) is 5.91 Å². The third-order valence-corrected chi connectivity index (χ3v) is 3.91. The third kappa shape index (κ3) is 6.65. The Morgan fingerprint density at radius 1 is 1.36 bits per heavy atom. The van der Waals surface area contributed by atoms with Crippen molar-refractivity contribution in [2.45, 2.75) is 26.4 Å². The number of anilines is 1. The number of hydrazine groups is 1. The predicted octanol–water partition coefficient (Wildman–Crippen LogP) is 2.55. The maximum atomic E-state index is 14.0. The number of carbonyl (C=O) groups is 2. The zero-order valence-corrected chi connectivity index (χ0v) is 15.0. The summed E-state index contributed by atoms with van der Waals surface area (Å²) < 4.78 is 18.7. The van der Waals surface area contributed by atoms with Crippen LogP contribution in [0.4, 0.5) is 14.3 Å². The second-order valence-corrected chi connectivity index (χ2v) is 5.83. The molecular weight excluding hydrogens is 371 g/mol. The highest BCUT2D eigenvalue weighted by Crippen LogP contribution is 2.18. The number of rotatable bonds is 6. The van der Waals surface area contributed by atoms with Crippen molar-refractivity contribution in [3.8, 4) is 0 Å². The Morgan fingerprint density at radius 2 is 2.12 bits per heavy atom. The molecule has 1 aromatic heterocycles. The zero-order valence-electron chi connectivity index (χ0n) is 13.4. The molecule has 0 radical (unpaired) electrons. The lowest BCUT2D eigenvalue weighted by molar-refractivity contribution is -0.114. The summed E-state index contributed by atoms with van der Waals surface area (Å²) in [4.78, 5) is 26.1. The summed E-state index contributed by atoms with van der Waals surface area (Å²) in [6.45, 7) is 1.23. The van der Waals surface area contributed by atoms with Gasteiger partial charge in [-0.2, -0.15) is 0 Å². The van der Waals surface area contributed by atoms with Crippen LogP contribution >= 0.6 is 23.7 Å². The quantitative estimate of drug-likeness (QED) is 0.400. The van der Waals surface area contributed by atoms with E-state index in [1.165, 1.54) is 24.3 Å². The summed E-state index contributed by atoms with van der Waals surface area (Å²) in [5.41, 5.74) is 3.70. The van der Waals surface area contributed by atoms with Crippen LogP contribution in [-0.2, 0) is 29.0 Å². The van der Waals surface area contributed by atoms with Crippen molar-refractivity contribution >= 4 is 40.9 Å². The van der Waals surface area contributed by atoms with Crippen LogP contribution in [0.5, 0.6) is 0 Å². The van der Waals surface area contributed by atoms with Crippen LogP contribution in [0.1, 0.15) is 23.7 Å². The molecule has 2 aromatic rings. The van der Waals surface area contributed by atoms with E-state index in [1.807, 2.05) is 5.38 Å². The molecule has 4 N–H and O–H groups in total. The minimum Gasteiger partial charge on any atom is -0.444 e. The Labute approximate surface area is 154 Å². The highest BCUT2D eigenvalue weighted by atomic mass is 35.5. The molecule has 0 aliphatic carbocycles. The highest BCUT2D eigenvalue weighted by molar-refractivity contribution is 7.13. The van der Waals surface area contributed by atoms with Gasteiger partial charge in [-0.1, -0.05) is 12.1 Å². The number of ether oxygens (including phenoxy) is 1. The molecule has 0 atom stereocenters. The molecule has 0 aliphatic heterocycles. The average Bonchev–Trinajstić information content (AvgIpc) is 2.98. The van der Waals surface area contributed by atoms with E-state index in [-0.39, 0.29) is 30.5 Å². The van der Waals surface area contributed by atoms with Crippen LogP contribution in [0.2, 0.25) is 0 Å². The van der Waals surface area contributed by atoms with Gasteiger partial charge in [-0.15, -0.1) is 23.7 Å². The standard InChI is InChI=1S/C15H17FN4O3S.ClH/c1-9(21)18-14-19-12(8-24-14)5-3-10-2-4-11(13(16)6-10)7-23-15(22)20-17;/h2,4,6,8H,3,5,7,17H2,1H3,(H,20,22)(H,18,19,21);1H. The first-order chi connectivity index (χ1) is 11.5. The minimum absolute atomic E-state index is 0. The van der Waals surface area contributed by atoms with Crippen molar-refractivity contribution in [3.05, 3.63) is 46.2 Å². The topological polar surface area (TPSA) is 106 Å². The first-order valence-corrected chi connectivity index (χ1v) is 7.98. The number of hydrogen-bond acceptors (Lipinski definition) is 6. The van der Waals surface area contributed by atoms with Crippen molar-refractivity contribution in [3.63, 3.8) is 0 Å². The number of nitrogens with one attached hydrogen (secondary N) is 2. The number of halogens is 2. The SMILES string of the molecule is CC(=O)Nc1nc(CCc2ccc(COC(=O)NN)c(F)c2)cs1.Cl. The maximum Gasteiger partial charge on any atom is 0.421 e. The van der Waals surface area contributed by atoms with Gasteiger partial charge in [-0.3, -0.25) is 10.2 Å². The first kappa shape index (κ1) is 20.8. The molecule has 0 bridgehead atoms. The number of nitrogens with two attached hydrogens (primary N) is 1. The summed E-state index contributed by atoms with van der Waals surface area (Å²) in [7, 11) is 0. The molecule has 10 heteroatoms. The van der Waals surface area contributed by atoms with E-state index >= 15 is 0 Å². The van der Waals surface area contributed by atoms with E-state index < -0.39 is 11.9 Å². The second kappa shape index (κ2) is 9.92. The summed E-state index contributed by atoms with van der Waals surface area (Å²) in [6.07, 6.45) is 0.405. The molecule has 2 amide bonds. The zero-order chi connectivity index (χ0) is 17.5. The fourth-order valence-corrected chi connectivity index (χ4v) is 2.74. The van der Waals surface area contributed by atoms with E-state index in [4.69, 9.17) is 10.6 Å². The average molecular weight is 389 g/mol. The smallest absolute Gasteiger partial charge is 0.421 e. The van der Waals surface area contributed by atoms with E-state index in [0.29, 0.717) is 18.0 Å². The summed E-state index contributed by atoms with van der Waals surface area (Å²) in [6, 6.07) is 4.74. The third-order valence-electron chi connectivity index (χ3n) is 3.10. The van der Waals surface area contributed by atoms with Gasteiger partial charge in [0, 0.05) is 17.9 Å². The number of nitrogens with zero attached hydrogens (tertiary/aromatic N) is 1. The number of amides is 2. The van der Waals surface area contributed by atoms with Gasteiger partial charge in [0.15, 0.2) is 5.13 Å². The summed E-state index contributed by atoms with van der Waals surface area (Å²) >= 11 is 1.35. The molecule has 7 nitrogen and oxygen atoms in total. The Balaban J connectivity index is 0.00000312. The van der Waals surface area contributed by atoms with E-state index in [2.05, 4.69) is 10.3 Å². The fraction of sp³-hybridized carbons (Fsp3) is 0.267. The van der Waals surface area contributed by atoms with E-state index in [9.17, 15) is 14.0 Å². The van der Waals surface area contributed by atoms with Gasteiger partial charge in [0.1, 0.15) is 12.4 Å². The van der Waals surface area contributed by atoms with Crippen LogP contribution in [0.15, 0.2) is 23.6 Å². The summed E-state index contributed by atoms with van der Waals surface area (Å²) in [5.74, 6) is 4.26. The minimum atomic E-state index is -0.822. The van der Waals surface area contributed by atoms with Crippen LogP contribution in [0.3, 0.4) is 0 Å². The molecule has 0 saturated heterocycles. The lowest BCUT2D eigenvalue weighted by Crippen LogP contribution is -2.30. The van der Waals surface area contributed by atoms with Gasteiger partial charge in [0.25, 0.3) is 0 Å². The molecule has 0 spiro atoms. The van der Waals surface area contributed by atoms with Crippen molar-refractivity contribution in [2.24, 2.45) is 5.84 Å². The Hall–Kier alpha value is -2.23. The molecule has 0 aliphatic rings. The number of aromatic nitrogens is 1. The predicted molar refractivity (Wildman–Crippen MR) is 95.0 cm³/mol. The van der Waals surface area contributed by atoms with Crippen molar-refractivity contribution in [1.29, 1.82) is 0 Å². The number of hydrogen-bond donors (Lipinski definition) is 3. The number of aryl methyl sites for hydroxylation is 2. The molecule has 0 saturated carbocycles. The van der Waals surface area contributed by atoms with Crippen molar-refractivity contribution in [2.75, 3.05) is 5.32 Å². The van der Waals surface area contributed by atoms with Crippen molar-refractivity contribution < 1.29 is 18.7 Å². The Bertz CT molecular complexity index is 741. The molecule has 2 rings (SSSR count). The van der Waals surface area contributed by atoms with Gasteiger partial charge < -0.3 is 10.1 Å². The highest BCUT2D eigenvalue weighted by Gasteiger charge is 2.08. The van der Waals surface area contributed by atoms with Gasteiger partial charge in [-0.05, 0) is 24.5 Å². The number of benzene rings is 1. The fourth-order valence-electron chi connectivity index (χ4n) is 1.95. The van der Waals surface area contributed by atoms with Crippen LogP contribution in [-0.4, -0.2) is 17.0 Å².